The monoisotopic (exact) mass is 462 g/mol. The van der Waals surface area contributed by atoms with Crippen LogP contribution in [0.3, 0.4) is 0 Å². The predicted octanol–water partition coefficient (Wildman–Crippen LogP) is 2.87. The molecule has 1 aromatic heterocycles. The van der Waals surface area contributed by atoms with E-state index in [9.17, 15) is 14.0 Å². The van der Waals surface area contributed by atoms with Gasteiger partial charge in [0.1, 0.15) is 5.82 Å². The smallest absolute Gasteiger partial charge is 0.322 e. The predicted molar refractivity (Wildman–Crippen MR) is 128 cm³/mol. The second-order valence-corrected chi connectivity index (χ2v) is 8.23. The van der Waals surface area contributed by atoms with Gasteiger partial charge in [0, 0.05) is 55.4 Å². The summed E-state index contributed by atoms with van der Waals surface area (Å²) in [5.41, 5.74) is 4.99. The molecule has 34 heavy (non-hydrogen) atoms. The lowest BCUT2D eigenvalue weighted by Crippen LogP contribution is -2.52. The van der Waals surface area contributed by atoms with Crippen LogP contribution in [0.4, 0.5) is 14.9 Å². The van der Waals surface area contributed by atoms with Crippen molar-refractivity contribution in [2.24, 2.45) is 5.84 Å². The number of carbonyl (C=O) groups is 2. The Bertz CT molecular complexity index is 1150. The number of benzene rings is 2. The number of piperazine rings is 1. The SMILES string of the molecule is CN1CCN(C(=O)N(Cc2ccc(C(=O)NN)cc2F)c2ccc(-c3cccnc3)cc2)CC1. The van der Waals surface area contributed by atoms with Gasteiger partial charge in [-0.3, -0.25) is 20.1 Å². The van der Waals surface area contributed by atoms with Gasteiger partial charge in [-0.05, 0) is 48.5 Å². The van der Waals surface area contributed by atoms with Gasteiger partial charge in [0.05, 0.1) is 6.54 Å². The number of pyridine rings is 1. The Hall–Kier alpha value is -3.82. The third-order valence-electron chi connectivity index (χ3n) is 5.95. The van der Waals surface area contributed by atoms with Crippen molar-refractivity contribution in [2.45, 2.75) is 6.54 Å². The lowest BCUT2D eigenvalue weighted by molar-refractivity contribution is 0.0953. The normalized spacial score (nSPS) is 14.0. The zero-order valence-electron chi connectivity index (χ0n) is 18.9. The van der Waals surface area contributed by atoms with Crippen LogP contribution >= 0.6 is 0 Å². The van der Waals surface area contributed by atoms with Gasteiger partial charge < -0.3 is 9.80 Å². The number of aromatic nitrogens is 1. The molecule has 2 heterocycles. The van der Waals surface area contributed by atoms with E-state index in [2.05, 4.69) is 9.88 Å². The van der Waals surface area contributed by atoms with E-state index in [1.165, 1.54) is 12.1 Å². The first kappa shape index (κ1) is 23.3. The highest BCUT2D eigenvalue weighted by Gasteiger charge is 2.26. The Labute approximate surface area is 197 Å². The number of nitrogen functional groups attached to an aromatic ring is 1. The molecule has 0 unspecified atom stereocenters. The minimum atomic E-state index is -0.582. The quantitative estimate of drug-likeness (QED) is 0.345. The number of hydrazine groups is 1. The molecule has 3 N–H and O–H groups in total. The van der Waals surface area contributed by atoms with E-state index in [-0.39, 0.29) is 18.1 Å². The van der Waals surface area contributed by atoms with Gasteiger partial charge in [-0.1, -0.05) is 24.3 Å². The number of carbonyl (C=O) groups excluding carboxylic acids is 2. The number of anilines is 1. The molecule has 1 aliphatic rings. The lowest BCUT2D eigenvalue weighted by atomic mass is 10.1. The molecule has 176 valence electrons. The number of likely N-dealkylation sites (N-methyl/N-ethyl adjacent to an activating group) is 1. The summed E-state index contributed by atoms with van der Waals surface area (Å²) in [5, 5.41) is 0. The topological polar surface area (TPSA) is 94.8 Å². The van der Waals surface area contributed by atoms with E-state index in [0.29, 0.717) is 24.3 Å². The summed E-state index contributed by atoms with van der Waals surface area (Å²) >= 11 is 0. The molecule has 1 aliphatic heterocycles. The Morgan fingerprint density at radius 1 is 1.06 bits per heavy atom. The molecule has 0 spiro atoms. The maximum atomic E-state index is 14.9. The first-order chi connectivity index (χ1) is 16.5. The molecule has 0 radical (unpaired) electrons. The van der Waals surface area contributed by atoms with Crippen LogP contribution in [-0.2, 0) is 6.54 Å². The molecule has 9 heteroatoms. The molecule has 1 fully saturated rings. The standard InChI is InChI=1S/C25H27FN6O2/c1-30-11-13-31(14-12-30)25(34)32(17-21-5-4-19(15-23(21)26)24(33)29-27)22-8-6-18(7-9-22)20-3-2-10-28-16-20/h2-10,15-16H,11-14,17,27H2,1H3,(H,29,33). The molecule has 8 nitrogen and oxygen atoms in total. The van der Waals surface area contributed by atoms with E-state index in [1.807, 2.05) is 48.9 Å². The fourth-order valence-corrected chi connectivity index (χ4v) is 3.88. The van der Waals surface area contributed by atoms with Crippen LogP contribution in [0.5, 0.6) is 0 Å². The number of halogens is 1. The fourth-order valence-electron chi connectivity index (χ4n) is 3.88. The van der Waals surface area contributed by atoms with Crippen LogP contribution in [0.1, 0.15) is 15.9 Å². The van der Waals surface area contributed by atoms with Crippen LogP contribution < -0.4 is 16.2 Å². The summed E-state index contributed by atoms with van der Waals surface area (Å²) < 4.78 is 14.9. The van der Waals surface area contributed by atoms with Gasteiger partial charge in [0.15, 0.2) is 0 Å². The number of nitrogens with one attached hydrogen (secondary N) is 1. The van der Waals surface area contributed by atoms with E-state index >= 15 is 0 Å². The Kier molecular flexibility index (Phi) is 7.15. The van der Waals surface area contributed by atoms with Crippen LogP contribution in [0.25, 0.3) is 11.1 Å². The maximum Gasteiger partial charge on any atom is 0.324 e. The van der Waals surface area contributed by atoms with Crippen LogP contribution in [0, 0.1) is 5.82 Å². The number of hydrogen-bond donors (Lipinski definition) is 2. The fraction of sp³-hybridized carbons (Fsp3) is 0.240. The van der Waals surface area contributed by atoms with Crippen molar-refractivity contribution in [2.75, 3.05) is 38.1 Å². The van der Waals surface area contributed by atoms with Crippen LogP contribution in [0.15, 0.2) is 67.0 Å². The Morgan fingerprint density at radius 3 is 2.41 bits per heavy atom. The molecule has 3 aromatic rings. The van der Waals surface area contributed by atoms with Crippen molar-refractivity contribution in [3.63, 3.8) is 0 Å². The first-order valence-electron chi connectivity index (χ1n) is 11.0. The largest absolute Gasteiger partial charge is 0.324 e. The van der Waals surface area contributed by atoms with Crippen molar-refractivity contribution in [1.82, 2.24) is 20.2 Å². The molecule has 0 aliphatic carbocycles. The highest BCUT2D eigenvalue weighted by Crippen LogP contribution is 2.26. The second-order valence-electron chi connectivity index (χ2n) is 8.23. The van der Waals surface area contributed by atoms with E-state index in [0.717, 1.165) is 30.3 Å². The van der Waals surface area contributed by atoms with Crippen molar-refractivity contribution >= 4 is 17.6 Å². The Balaban J connectivity index is 1.63. The van der Waals surface area contributed by atoms with Gasteiger partial charge in [0.25, 0.3) is 5.91 Å². The molecule has 4 rings (SSSR count). The average molecular weight is 463 g/mol. The van der Waals surface area contributed by atoms with Crippen molar-refractivity contribution in [1.29, 1.82) is 0 Å². The van der Waals surface area contributed by atoms with Gasteiger partial charge in [-0.15, -0.1) is 0 Å². The highest BCUT2D eigenvalue weighted by atomic mass is 19.1. The summed E-state index contributed by atoms with van der Waals surface area (Å²) in [6.45, 7) is 2.76. The first-order valence-corrected chi connectivity index (χ1v) is 11.0. The second kappa shape index (κ2) is 10.4. The van der Waals surface area contributed by atoms with Gasteiger partial charge >= 0.3 is 6.03 Å². The van der Waals surface area contributed by atoms with Crippen LogP contribution in [0.2, 0.25) is 0 Å². The maximum absolute atomic E-state index is 14.9. The van der Waals surface area contributed by atoms with Gasteiger partial charge in [0.2, 0.25) is 0 Å². The van der Waals surface area contributed by atoms with Crippen molar-refractivity contribution in [3.05, 3.63) is 83.9 Å². The number of urea groups is 1. The number of rotatable bonds is 5. The zero-order chi connectivity index (χ0) is 24.1. The van der Waals surface area contributed by atoms with E-state index in [4.69, 9.17) is 5.84 Å². The molecule has 0 saturated carbocycles. The molecule has 0 bridgehead atoms. The lowest BCUT2D eigenvalue weighted by Gasteiger charge is -2.36. The summed E-state index contributed by atoms with van der Waals surface area (Å²) in [6, 6.07) is 15.3. The number of hydrogen-bond acceptors (Lipinski definition) is 5. The highest BCUT2D eigenvalue weighted by molar-refractivity contribution is 5.94. The summed E-state index contributed by atoms with van der Waals surface area (Å²) in [6.07, 6.45) is 3.49. The average Bonchev–Trinajstić information content (AvgIpc) is 2.88. The summed E-state index contributed by atoms with van der Waals surface area (Å²) in [7, 11) is 2.02. The number of nitrogens with zero attached hydrogens (tertiary/aromatic N) is 4. The minimum absolute atomic E-state index is 0.0216. The Morgan fingerprint density at radius 2 is 1.79 bits per heavy atom. The third kappa shape index (κ3) is 5.22. The zero-order valence-corrected chi connectivity index (χ0v) is 18.9. The third-order valence-corrected chi connectivity index (χ3v) is 5.95. The van der Waals surface area contributed by atoms with Crippen molar-refractivity contribution in [3.8, 4) is 11.1 Å². The molecule has 3 amide bonds. The van der Waals surface area contributed by atoms with E-state index < -0.39 is 11.7 Å². The number of nitrogens with two attached hydrogens (primary N) is 1. The van der Waals surface area contributed by atoms with Gasteiger partial charge in [-0.2, -0.15) is 0 Å². The molecule has 2 aromatic carbocycles. The molecular formula is C25H27FN6O2. The minimum Gasteiger partial charge on any atom is -0.322 e. The number of amides is 3. The van der Waals surface area contributed by atoms with E-state index in [1.54, 1.807) is 22.2 Å². The van der Waals surface area contributed by atoms with Gasteiger partial charge in [-0.25, -0.2) is 15.0 Å². The molecule has 0 atom stereocenters. The molecule has 1 saturated heterocycles. The van der Waals surface area contributed by atoms with Crippen molar-refractivity contribution < 1.29 is 14.0 Å². The summed E-state index contributed by atoms with van der Waals surface area (Å²) in [4.78, 5) is 34.9. The summed E-state index contributed by atoms with van der Waals surface area (Å²) in [5.74, 6) is 3.99. The molecular weight excluding hydrogens is 435 g/mol. The van der Waals surface area contributed by atoms with Crippen LogP contribution in [-0.4, -0.2) is 59.9 Å².